The van der Waals surface area contributed by atoms with Gasteiger partial charge in [-0.2, -0.15) is 0 Å². The molecule has 2 aromatic carbocycles. The Kier molecular flexibility index (Phi) is 6.48. The summed E-state index contributed by atoms with van der Waals surface area (Å²) in [6, 6.07) is 15.1. The largest absolute Gasteiger partial charge is 0.465 e. The van der Waals surface area contributed by atoms with Gasteiger partial charge in [0.2, 0.25) is 0 Å². The molecule has 3 nitrogen and oxygen atoms in total. The molecule has 0 bridgehead atoms. The minimum absolute atomic E-state index is 0.184. The number of carbonyl (C=O) groups excluding carboxylic acids is 1. The lowest BCUT2D eigenvalue weighted by Crippen LogP contribution is -2.12. The normalized spacial score (nSPS) is 15.5. The van der Waals surface area contributed by atoms with E-state index in [1.54, 1.807) is 24.5 Å². The lowest BCUT2D eigenvalue weighted by molar-refractivity contribution is 0.0599. The summed E-state index contributed by atoms with van der Waals surface area (Å²) in [7, 11) is 1.40. The van der Waals surface area contributed by atoms with Crippen molar-refractivity contribution < 1.29 is 13.9 Å². The molecule has 0 saturated heterocycles. The van der Waals surface area contributed by atoms with Crippen LogP contribution in [0.3, 0.4) is 0 Å². The fourth-order valence-electron chi connectivity index (χ4n) is 4.17. The lowest BCUT2D eigenvalue weighted by atomic mass is 9.80. The topological polar surface area (TPSA) is 39.2 Å². The van der Waals surface area contributed by atoms with E-state index in [1.165, 1.54) is 36.1 Å². The summed E-state index contributed by atoms with van der Waals surface area (Å²) in [5, 5.41) is 0. The van der Waals surface area contributed by atoms with E-state index in [2.05, 4.69) is 23.2 Å². The second kappa shape index (κ2) is 9.43. The minimum Gasteiger partial charge on any atom is -0.465 e. The maximum Gasteiger partial charge on any atom is 0.338 e. The van der Waals surface area contributed by atoms with Crippen molar-refractivity contribution in [3.63, 3.8) is 0 Å². The number of aryl methyl sites for hydroxylation is 2. The van der Waals surface area contributed by atoms with Crippen LogP contribution in [0.25, 0.3) is 0 Å². The van der Waals surface area contributed by atoms with Crippen molar-refractivity contribution in [1.29, 1.82) is 0 Å². The maximum atomic E-state index is 14.0. The summed E-state index contributed by atoms with van der Waals surface area (Å²) >= 11 is 1.47. The van der Waals surface area contributed by atoms with Crippen molar-refractivity contribution in [2.45, 2.75) is 47.8 Å². The SMILES string of the molecule is COC(=O)c1ccncc1CC[C@H]1CCCc2cc(Sc3ccccc3F)ccc21. The highest BCUT2D eigenvalue weighted by molar-refractivity contribution is 7.99. The third kappa shape index (κ3) is 4.57. The predicted molar refractivity (Wildman–Crippen MR) is 117 cm³/mol. The molecule has 3 aromatic rings. The van der Waals surface area contributed by atoms with Gasteiger partial charge in [0.15, 0.2) is 0 Å². The van der Waals surface area contributed by atoms with Gasteiger partial charge in [-0.1, -0.05) is 30.0 Å². The summed E-state index contributed by atoms with van der Waals surface area (Å²) in [4.78, 5) is 17.9. The summed E-state index contributed by atoms with van der Waals surface area (Å²) in [6.45, 7) is 0. The van der Waals surface area contributed by atoms with Crippen LogP contribution in [-0.2, 0) is 17.6 Å². The van der Waals surface area contributed by atoms with E-state index < -0.39 is 0 Å². The minimum atomic E-state index is -0.314. The molecule has 4 rings (SSSR count). The zero-order valence-corrected chi connectivity index (χ0v) is 17.8. The molecule has 1 atom stereocenters. The fraction of sp³-hybridized carbons (Fsp3) is 0.280. The summed E-state index contributed by atoms with van der Waals surface area (Å²) in [6.07, 6.45) is 8.47. The highest BCUT2D eigenvalue weighted by Crippen LogP contribution is 2.38. The Morgan fingerprint density at radius 3 is 2.93 bits per heavy atom. The van der Waals surface area contributed by atoms with E-state index in [0.717, 1.165) is 42.6 Å². The zero-order chi connectivity index (χ0) is 20.9. The van der Waals surface area contributed by atoms with E-state index in [0.29, 0.717) is 16.4 Å². The lowest BCUT2D eigenvalue weighted by Gasteiger charge is -2.26. The van der Waals surface area contributed by atoms with Crippen LogP contribution >= 0.6 is 11.8 Å². The standard InChI is InChI=1S/C25H24FNO2S/c1-29-25(28)22-13-14-27-16-19(22)10-9-17-5-4-6-18-15-20(11-12-21(17)18)30-24-8-3-2-7-23(24)26/h2-3,7-8,11-17H,4-6,9-10H2,1H3/t17-/m1/s1. The van der Waals surface area contributed by atoms with Gasteiger partial charge >= 0.3 is 5.97 Å². The molecule has 1 heterocycles. The number of aromatic nitrogens is 1. The van der Waals surface area contributed by atoms with Crippen LogP contribution in [0.2, 0.25) is 0 Å². The second-order valence-corrected chi connectivity index (χ2v) is 8.66. The number of methoxy groups -OCH3 is 1. The quantitative estimate of drug-likeness (QED) is 0.444. The number of benzene rings is 2. The zero-order valence-electron chi connectivity index (χ0n) is 16.9. The molecule has 1 aromatic heterocycles. The number of hydrogen-bond acceptors (Lipinski definition) is 4. The monoisotopic (exact) mass is 421 g/mol. The van der Waals surface area contributed by atoms with Crippen LogP contribution in [0.1, 0.15) is 52.2 Å². The average Bonchev–Trinajstić information content (AvgIpc) is 2.78. The second-order valence-electron chi connectivity index (χ2n) is 7.55. The first-order valence-electron chi connectivity index (χ1n) is 10.2. The van der Waals surface area contributed by atoms with Gasteiger partial charge in [0.05, 0.1) is 12.7 Å². The Morgan fingerprint density at radius 1 is 1.23 bits per heavy atom. The number of halogens is 1. The van der Waals surface area contributed by atoms with Crippen LogP contribution in [0.5, 0.6) is 0 Å². The van der Waals surface area contributed by atoms with Gasteiger partial charge in [0.25, 0.3) is 0 Å². The number of pyridine rings is 1. The highest BCUT2D eigenvalue weighted by Gasteiger charge is 2.22. The number of fused-ring (bicyclic) bond motifs is 1. The van der Waals surface area contributed by atoms with Gasteiger partial charge in [0, 0.05) is 22.2 Å². The molecule has 0 spiro atoms. The van der Waals surface area contributed by atoms with Crippen LogP contribution in [0.15, 0.2) is 70.7 Å². The molecule has 0 saturated carbocycles. The van der Waals surface area contributed by atoms with Crippen molar-refractivity contribution >= 4 is 17.7 Å². The van der Waals surface area contributed by atoms with Crippen LogP contribution in [0.4, 0.5) is 4.39 Å². The van der Waals surface area contributed by atoms with Crippen molar-refractivity contribution in [3.8, 4) is 0 Å². The van der Waals surface area contributed by atoms with E-state index >= 15 is 0 Å². The van der Waals surface area contributed by atoms with Gasteiger partial charge in [-0.05, 0) is 85.0 Å². The molecular weight excluding hydrogens is 397 g/mol. The van der Waals surface area contributed by atoms with Crippen LogP contribution in [-0.4, -0.2) is 18.1 Å². The summed E-state index contributed by atoms with van der Waals surface area (Å²) in [5.41, 5.74) is 4.26. The molecule has 30 heavy (non-hydrogen) atoms. The molecule has 0 fully saturated rings. The number of esters is 1. The number of hydrogen-bond donors (Lipinski definition) is 0. The molecule has 5 heteroatoms. The third-order valence-corrected chi connectivity index (χ3v) is 6.73. The number of carbonyl (C=O) groups is 1. The van der Waals surface area contributed by atoms with Crippen molar-refractivity contribution in [3.05, 3.63) is 89.0 Å². The van der Waals surface area contributed by atoms with E-state index in [1.807, 2.05) is 12.1 Å². The van der Waals surface area contributed by atoms with Crippen LogP contribution in [0, 0.1) is 5.82 Å². The molecule has 1 aliphatic carbocycles. The Labute approximate surface area is 180 Å². The van der Waals surface area contributed by atoms with E-state index in [9.17, 15) is 9.18 Å². The summed E-state index contributed by atoms with van der Waals surface area (Å²) in [5.74, 6) is -0.0470. The van der Waals surface area contributed by atoms with Crippen molar-refractivity contribution in [1.82, 2.24) is 4.98 Å². The average molecular weight is 422 g/mol. The van der Waals surface area contributed by atoms with E-state index in [-0.39, 0.29) is 11.8 Å². The number of rotatable bonds is 6. The number of ether oxygens (including phenoxy) is 1. The molecule has 154 valence electrons. The first kappa shape index (κ1) is 20.6. The van der Waals surface area contributed by atoms with Gasteiger partial charge in [-0.25, -0.2) is 9.18 Å². The van der Waals surface area contributed by atoms with E-state index in [4.69, 9.17) is 4.74 Å². The molecule has 0 amide bonds. The smallest absolute Gasteiger partial charge is 0.338 e. The Balaban J connectivity index is 1.50. The van der Waals surface area contributed by atoms with Gasteiger partial charge < -0.3 is 4.74 Å². The molecule has 0 radical (unpaired) electrons. The van der Waals surface area contributed by atoms with Crippen LogP contribution < -0.4 is 0 Å². The number of nitrogens with zero attached hydrogens (tertiary/aromatic N) is 1. The van der Waals surface area contributed by atoms with Gasteiger partial charge in [-0.3, -0.25) is 4.98 Å². The Bertz CT molecular complexity index is 1050. The summed E-state index contributed by atoms with van der Waals surface area (Å²) < 4.78 is 18.9. The first-order chi connectivity index (χ1) is 14.7. The Morgan fingerprint density at radius 2 is 2.10 bits per heavy atom. The molecule has 0 unspecified atom stereocenters. The maximum absolute atomic E-state index is 14.0. The fourth-order valence-corrected chi connectivity index (χ4v) is 5.08. The highest BCUT2D eigenvalue weighted by atomic mass is 32.2. The molecule has 1 aliphatic rings. The van der Waals surface area contributed by atoms with Gasteiger partial charge in [0.1, 0.15) is 5.82 Å². The Hall–Kier alpha value is -2.66. The first-order valence-corrected chi connectivity index (χ1v) is 11.0. The molecule has 0 aliphatic heterocycles. The predicted octanol–water partition coefficient (Wildman–Crippen LogP) is 6.21. The van der Waals surface area contributed by atoms with Crippen molar-refractivity contribution in [2.24, 2.45) is 0 Å². The molecule has 0 N–H and O–H groups in total. The van der Waals surface area contributed by atoms with Gasteiger partial charge in [-0.15, -0.1) is 0 Å². The van der Waals surface area contributed by atoms with Crippen molar-refractivity contribution in [2.75, 3.05) is 7.11 Å². The molecular formula is C25H24FNO2S. The third-order valence-electron chi connectivity index (χ3n) is 5.69.